The number of anilines is 1. The largest absolute Gasteiger partial charge is 0.326 e. The Kier molecular flexibility index (Phi) is 5.89. The lowest BCUT2D eigenvalue weighted by Crippen LogP contribution is -2.41. The maximum absolute atomic E-state index is 12.3. The van der Waals surface area contributed by atoms with Gasteiger partial charge in [0.15, 0.2) is 0 Å². The Balaban J connectivity index is 1.28. The first-order valence-corrected chi connectivity index (χ1v) is 11.1. The van der Waals surface area contributed by atoms with Gasteiger partial charge in [-0.25, -0.2) is 4.98 Å². The second kappa shape index (κ2) is 8.53. The predicted octanol–water partition coefficient (Wildman–Crippen LogP) is 4.64. The van der Waals surface area contributed by atoms with E-state index >= 15 is 0 Å². The maximum atomic E-state index is 12.3. The third kappa shape index (κ3) is 4.96. The van der Waals surface area contributed by atoms with Gasteiger partial charge in [0.2, 0.25) is 5.91 Å². The van der Waals surface area contributed by atoms with E-state index in [4.69, 9.17) is 4.98 Å². The average Bonchev–Trinajstić information content (AvgIpc) is 3.10. The highest BCUT2D eigenvalue weighted by Crippen LogP contribution is 2.36. The first-order valence-electron chi connectivity index (χ1n) is 10.2. The van der Waals surface area contributed by atoms with Crippen LogP contribution in [0.5, 0.6) is 0 Å². The van der Waals surface area contributed by atoms with E-state index in [2.05, 4.69) is 15.6 Å². The number of piperidine rings is 1. The van der Waals surface area contributed by atoms with E-state index in [1.54, 1.807) is 11.3 Å². The minimum absolute atomic E-state index is 0.00257. The van der Waals surface area contributed by atoms with Gasteiger partial charge in [0.25, 0.3) is 0 Å². The second-order valence-corrected chi connectivity index (χ2v) is 9.09. The highest BCUT2D eigenvalue weighted by Gasteiger charge is 2.31. The van der Waals surface area contributed by atoms with Gasteiger partial charge in [-0.3, -0.25) is 9.69 Å². The molecular weight excluding hydrogens is 354 g/mol. The van der Waals surface area contributed by atoms with Gasteiger partial charge in [-0.15, -0.1) is 11.3 Å². The van der Waals surface area contributed by atoms with Gasteiger partial charge in [0.05, 0.1) is 12.1 Å². The molecule has 2 fully saturated rings. The molecule has 0 bridgehead atoms. The van der Waals surface area contributed by atoms with Gasteiger partial charge in [0, 0.05) is 24.2 Å². The van der Waals surface area contributed by atoms with Crippen LogP contribution in [0, 0.1) is 18.8 Å². The molecule has 1 aliphatic carbocycles. The molecule has 2 atom stereocenters. The highest BCUT2D eigenvalue weighted by molar-refractivity contribution is 7.09. The van der Waals surface area contributed by atoms with Crippen LogP contribution in [0.3, 0.4) is 0 Å². The van der Waals surface area contributed by atoms with Crippen LogP contribution in [0.1, 0.15) is 48.4 Å². The molecule has 4 nitrogen and oxygen atoms in total. The number of amides is 1. The highest BCUT2D eigenvalue weighted by atomic mass is 32.1. The zero-order chi connectivity index (χ0) is 18.6. The first-order chi connectivity index (χ1) is 13.2. The van der Waals surface area contributed by atoms with Crippen LogP contribution < -0.4 is 5.32 Å². The van der Waals surface area contributed by atoms with Crippen LogP contribution in [0.15, 0.2) is 29.6 Å². The third-order valence-corrected chi connectivity index (χ3v) is 6.90. The van der Waals surface area contributed by atoms with Crippen LogP contribution in [0.2, 0.25) is 0 Å². The summed E-state index contributed by atoms with van der Waals surface area (Å²) >= 11 is 1.60. The number of hydrogen-bond donors (Lipinski definition) is 1. The van der Waals surface area contributed by atoms with E-state index in [9.17, 15) is 4.79 Å². The molecule has 2 aromatic rings. The van der Waals surface area contributed by atoms with Crippen LogP contribution in [-0.4, -0.2) is 28.9 Å². The Morgan fingerprint density at radius 2 is 1.96 bits per heavy atom. The number of benzene rings is 1. The fraction of sp³-hybridized carbons (Fsp3) is 0.545. The Bertz CT molecular complexity index is 770. The fourth-order valence-corrected chi connectivity index (χ4v) is 5.31. The number of fused-ring (bicyclic) bond motifs is 1. The lowest BCUT2D eigenvalue weighted by molar-refractivity contribution is -0.115. The summed E-state index contributed by atoms with van der Waals surface area (Å²) in [6.45, 7) is 5.39. The normalized spacial score (nSPS) is 23.0. The summed E-state index contributed by atoms with van der Waals surface area (Å²) in [5, 5.41) is 5.99. The molecule has 5 heteroatoms. The summed E-state index contributed by atoms with van der Waals surface area (Å²) in [5.74, 6) is 1.86. The van der Waals surface area contributed by atoms with Crippen molar-refractivity contribution in [1.29, 1.82) is 0 Å². The standard InChI is InChI=1S/C22H29N3OS/c1-16-6-8-19(9-7-16)23-21(26)12-22-24-20(15-27-22)14-25-11-10-17-4-2-3-5-18(17)13-25/h6-9,15,17-18H,2-5,10-14H2,1H3,(H,23,26)/t17-,18-/m1/s1. The van der Waals surface area contributed by atoms with Crippen molar-refractivity contribution in [2.24, 2.45) is 11.8 Å². The summed E-state index contributed by atoms with van der Waals surface area (Å²) in [4.78, 5) is 19.6. The van der Waals surface area contributed by atoms with Gasteiger partial charge >= 0.3 is 0 Å². The number of carbonyl (C=O) groups excluding carboxylic acids is 1. The molecule has 0 radical (unpaired) electrons. The molecule has 4 rings (SSSR count). The van der Waals surface area contributed by atoms with Crippen LogP contribution in [-0.2, 0) is 17.8 Å². The minimum Gasteiger partial charge on any atom is -0.326 e. The van der Waals surface area contributed by atoms with Crippen molar-refractivity contribution >= 4 is 22.9 Å². The third-order valence-electron chi connectivity index (χ3n) is 6.01. The Morgan fingerprint density at radius 1 is 1.19 bits per heavy atom. The molecule has 1 aliphatic heterocycles. The van der Waals surface area contributed by atoms with Gasteiger partial charge in [-0.05, 0) is 50.3 Å². The molecular formula is C22H29N3OS. The van der Waals surface area contributed by atoms with Gasteiger partial charge in [0.1, 0.15) is 5.01 Å². The van der Waals surface area contributed by atoms with Crippen LogP contribution in [0.25, 0.3) is 0 Å². The van der Waals surface area contributed by atoms with Crippen LogP contribution >= 0.6 is 11.3 Å². The van der Waals surface area contributed by atoms with Gasteiger partial charge in [-0.2, -0.15) is 0 Å². The topological polar surface area (TPSA) is 45.2 Å². The van der Waals surface area contributed by atoms with Gasteiger partial charge < -0.3 is 5.32 Å². The molecule has 0 spiro atoms. The van der Waals surface area contributed by atoms with Crippen molar-refractivity contribution in [1.82, 2.24) is 9.88 Å². The van der Waals surface area contributed by atoms with Gasteiger partial charge in [-0.1, -0.05) is 37.0 Å². The number of carbonyl (C=O) groups is 1. The molecule has 1 amide bonds. The maximum Gasteiger partial charge on any atom is 0.231 e. The van der Waals surface area contributed by atoms with E-state index in [0.29, 0.717) is 6.42 Å². The van der Waals surface area contributed by atoms with E-state index in [0.717, 1.165) is 34.8 Å². The molecule has 2 aliphatic rings. The lowest BCUT2D eigenvalue weighted by Gasteiger charge is -2.41. The second-order valence-electron chi connectivity index (χ2n) is 8.15. The predicted molar refractivity (Wildman–Crippen MR) is 111 cm³/mol. The Hall–Kier alpha value is -1.72. The van der Waals surface area contributed by atoms with Crippen molar-refractivity contribution in [2.45, 2.75) is 52.0 Å². The van der Waals surface area contributed by atoms with E-state index < -0.39 is 0 Å². The summed E-state index contributed by atoms with van der Waals surface area (Å²) in [6, 6.07) is 7.89. The number of thiazole rings is 1. The molecule has 2 heterocycles. The molecule has 1 aromatic carbocycles. The fourth-order valence-electron chi connectivity index (χ4n) is 4.53. The monoisotopic (exact) mass is 383 g/mol. The summed E-state index contributed by atoms with van der Waals surface area (Å²) in [7, 11) is 0. The summed E-state index contributed by atoms with van der Waals surface area (Å²) in [6.07, 6.45) is 7.38. The number of rotatable bonds is 5. The summed E-state index contributed by atoms with van der Waals surface area (Å²) < 4.78 is 0. The summed E-state index contributed by atoms with van der Waals surface area (Å²) in [5.41, 5.74) is 3.15. The SMILES string of the molecule is Cc1ccc(NC(=O)Cc2nc(CN3CC[C@H]4CCCC[C@@H]4C3)cs2)cc1. The number of likely N-dealkylation sites (tertiary alicyclic amines) is 1. The van der Waals surface area contributed by atoms with Crippen molar-refractivity contribution in [3.8, 4) is 0 Å². The molecule has 1 aromatic heterocycles. The molecule has 1 N–H and O–H groups in total. The minimum atomic E-state index is 0.00257. The molecule has 144 valence electrons. The number of aromatic nitrogens is 1. The van der Waals surface area contributed by atoms with Crippen LogP contribution in [0.4, 0.5) is 5.69 Å². The number of hydrogen-bond acceptors (Lipinski definition) is 4. The number of aryl methyl sites for hydroxylation is 1. The lowest BCUT2D eigenvalue weighted by atomic mass is 9.75. The quantitative estimate of drug-likeness (QED) is 0.818. The first kappa shape index (κ1) is 18.6. The molecule has 27 heavy (non-hydrogen) atoms. The zero-order valence-corrected chi connectivity index (χ0v) is 16.9. The van der Waals surface area contributed by atoms with E-state index in [-0.39, 0.29) is 5.91 Å². The Labute approximate surface area is 166 Å². The number of nitrogens with one attached hydrogen (secondary N) is 1. The zero-order valence-electron chi connectivity index (χ0n) is 16.1. The average molecular weight is 384 g/mol. The molecule has 1 saturated carbocycles. The van der Waals surface area contributed by atoms with E-state index in [1.807, 2.05) is 31.2 Å². The Morgan fingerprint density at radius 3 is 2.78 bits per heavy atom. The molecule has 1 saturated heterocycles. The van der Waals surface area contributed by atoms with Crippen molar-refractivity contribution in [3.63, 3.8) is 0 Å². The van der Waals surface area contributed by atoms with Crippen molar-refractivity contribution < 1.29 is 4.79 Å². The van der Waals surface area contributed by atoms with Crippen molar-refractivity contribution in [2.75, 3.05) is 18.4 Å². The van der Waals surface area contributed by atoms with Crippen molar-refractivity contribution in [3.05, 3.63) is 45.9 Å². The smallest absolute Gasteiger partial charge is 0.231 e. The number of nitrogens with zero attached hydrogens (tertiary/aromatic N) is 2. The molecule has 0 unspecified atom stereocenters. The van der Waals surface area contributed by atoms with E-state index in [1.165, 1.54) is 50.8 Å².